The van der Waals surface area contributed by atoms with E-state index in [0.29, 0.717) is 5.91 Å². The minimum Gasteiger partial charge on any atom is -0.378 e. The van der Waals surface area contributed by atoms with E-state index in [9.17, 15) is 4.79 Å². The fourth-order valence-electron chi connectivity index (χ4n) is 3.83. The average molecular weight is 334 g/mol. The lowest BCUT2D eigenvalue weighted by Gasteiger charge is -2.40. The average Bonchev–Trinajstić information content (AvgIpc) is 3.42. The van der Waals surface area contributed by atoms with E-state index < -0.39 is 0 Å². The van der Waals surface area contributed by atoms with Crippen LogP contribution in [0, 0.1) is 19.8 Å². The Kier molecular flexibility index (Phi) is 4.03. The van der Waals surface area contributed by atoms with Crippen molar-refractivity contribution >= 4 is 17.3 Å². The van der Waals surface area contributed by atoms with E-state index in [0.717, 1.165) is 30.6 Å². The molecule has 0 aromatic heterocycles. The van der Waals surface area contributed by atoms with E-state index >= 15 is 0 Å². The molecule has 1 aliphatic heterocycles. The Morgan fingerprint density at radius 3 is 2.40 bits per heavy atom. The molecule has 1 amide bonds. The molecular weight excluding hydrogens is 308 g/mol. The maximum Gasteiger partial charge on any atom is 0.230 e. The van der Waals surface area contributed by atoms with E-state index in [1.165, 1.54) is 16.7 Å². The Labute approximate surface area is 150 Å². The summed E-state index contributed by atoms with van der Waals surface area (Å²) in [6, 6.07) is 15.5. The number of benzene rings is 2. The third-order valence-electron chi connectivity index (χ3n) is 5.39. The van der Waals surface area contributed by atoms with Gasteiger partial charge in [-0.2, -0.15) is 0 Å². The van der Waals surface area contributed by atoms with Crippen molar-refractivity contribution in [3.63, 3.8) is 0 Å². The SMILES string of the molecule is Cc1ccc(N[C@@H]2C[C@H](C)N(C(=O)C3CC3)c3ccc(C)cc32)cc1. The van der Waals surface area contributed by atoms with Gasteiger partial charge in [-0.1, -0.05) is 35.4 Å². The van der Waals surface area contributed by atoms with Crippen molar-refractivity contribution in [2.24, 2.45) is 5.92 Å². The second kappa shape index (κ2) is 6.21. The molecule has 0 bridgehead atoms. The molecule has 25 heavy (non-hydrogen) atoms. The number of aryl methyl sites for hydroxylation is 2. The highest BCUT2D eigenvalue weighted by atomic mass is 16.2. The Bertz CT molecular complexity index is 792. The first kappa shape index (κ1) is 16.2. The first-order valence-electron chi connectivity index (χ1n) is 9.30. The number of amides is 1. The highest BCUT2D eigenvalue weighted by molar-refractivity contribution is 5.98. The third kappa shape index (κ3) is 3.15. The van der Waals surface area contributed by atoms with Gasteiger partial charge in [-0.25, -0.2) is 0 Å². The number of hydrogen-bond acceptors (Lipinski definition) is 2. The Morgan fingerprint density at radius 1 is 1.04 bits per heavy atom. The van der Waals surface area contributed by atoms with E-state index in [2.05, 4.69) is 73.5 Å². The van der Waals surface area contributed by atoms with Crippen LogP contribution in [0.2, 0.25) is 0 Å². The molecule has 2 atom stereocenters. The van der Waals surface area contributed by atoms with Gasteiger partial charge in [0.05, 0.1) is 6.04 Å². The second-order valence-electron chi connectivity index (χ2n) is 7.69. The Morgan fingerprint density at radius 2 is 1.72 bits per heavy atom. The summed E-state index contributed by atoms with van der Waals surface area (Å²) >= 11 is 0. The highest BCUT2D eigenvalue weighted by Crippen LogP contribution is 2.42. The minimum atomic E-state index is 0.214. The smallest absolute Gasteiger partial charge is 0.230 e. The summed E-state index contributed by atoms with van der Waals surface area (Å²) in [5, 5.41) is 3.69. The van der Waals surface area contributed by atoms with Crippen molar-refractivity contribution in [3.8, 4) is 0 Å². The molecule has 3 heteroatoms. The summed E-state index contributed by atoms with van der Waals surface area (Å²) in [6.45, 7) is 6.40. The number of anilines is 2. The van der Waals surface area contributed by atoms with Gasteiger partial charge < -0.3 is 10.2 Å². The molecule has 3 nitrogen and oxygen atoms in total. The molecule has 0 saturated heterocycles. The molecule has 1 N–H and O–H groups in total. The lowest BCUT2D eigenvalue weighted by molar-refractivity contribution is -0.120. The second-order valence-corrected chi connectivity index (χ2v) is 7.69. The largest absolute Gasteiger partial charge is 0.378 e. The number of hydrogen-bond donors (Lipinski definition) is 1. The van der Waals surface area contributed by atoms with E-state index in [-0.39, 0.29) is 18.0 Å². The normalized spacial score (nSPS) is 22.4. The molecule has 0 unspecified atom stereocenters. The van der Waals surface area contributed by atoms with E-state index in [4.69, 9.17) is 0 Å². The molecule has 1 heterocycles. The van der Waals surface area contributed by atoms with Crippen LogP contribution in [0.15, 0.2) is 42.5 Å². The van der Waals surface area contributed by atoms with Crippen molar-refractivity contribution in [2.45, 2.75) is 52.1 Å². The quantitative estimate of drug-likeness (QED) is 0.857. The number of carbonyl (C=O) groups excluding carboxylic acids is 1. The molecule has 1 fully saturated rings. The van der Waals surface area contributed by atoms with Gasteiger partial charge in [0, 0.05) is 23.3 Å². The predicted molar refractivity (Wildman–Crippen MR) is 103 cm³/mol. The van der Waals surface area contributed by atoms with Crippen molar-refractivity contribution in [1.82, 2.24) is 0 Å². The van der Waals surface area contributed by atoms with Crippen LogP contribution in [-0.4, -0.2) is 11.9 Å². The van der Waals surface area contributed by atoms with Gasteiger partial charge in [0.25, 0.3) is 0 Å². The van der Waals surface area contributed by atoms with Crippen LogP contribution in [0.25, 0.3) is 0 Å². The number of nitrogens with zero attached hydrogens (tertiary/aromatic N) is 1. The third-order valence-corrected chi connectivity index (χ3v) is 5.39. The molecule has 0 spiro atoms. The molecule has 130 valence electrons. The lowest BCUT2D eigenvalue weighted by atomic mass is 9.90. The van der Waals surface area contributed by atoms with Gasteiger partial charge in [-0.15, -0.1) is 0 Å². The zero-order chi connectivity index (χ0) is 17.6. The molecule has 1 aliphatic carbocycles. The van der Waals surface area contributed by atoms with Gasteiger partial charge in [0.15, 0.2) is 0 Å². The van der Waals surface area contributed by atoms with Crippen molar-refractivity contribution in [2.75, 3.05) is 10.2 Å². The van der Waals surface area contributed by atoms with Crippen molar-refractivity contribution < 1.29 is 4.79 Å². The number of rotatable bonds is 3. The van der Waals surface area contributed by atoms with Crippen LogP contribution in [-0.2, 0) is 4.79 Å². The van der Waals surface area contributed by atoms with Crippen molar-refractivity contribution in [3.05, 3.63) is 59.2 Å². The molecule has 4 rings (SSSR count). The standard InChI is InChI=1S/C22H26N2O/c1-14-4-9-18(10-5-14)23-20-13-16(3)24(22(25)17-7-8-17)21-11-6-15(2)12-19(20)21/h4-6,9-12,16-17,20,23H,7-8,13H2,1-3H3/t16-,20+/m0/s1. The topological polar surface area (TPSA) is 32.3 Å². The molecule has 0 radical (unpaired) electrons. The van der Waals surface area contributed by atoms with E-state index in [1.807, 2.05) is 0 Å². The number of carbonyl (C=O) groups is 1. The fraction of sp³-hybridized carbons (Fsp3) is 0.409. The fourth-order valence-corrected chi connectivity index (χ4v) is 3.83. The van der Waals surface area contributed by atoms with Crippen LogP contribution in [0.3, 0.4) is 0 Å². The van der Waals surface area contributed by atoms with Gasteiger partial charge in [0.1, 0.15) is 0 Å². The highest BCUT2D eigenvalue weighted by Gasteiger charge is 2.40. The van der Waals surface area contributed by atoms with Crippen LogP contribution in [0.4, 0.5) is 11.4 Å². The summed E-state index contributed by atoms with van der Waals surface area (Å²) in [5.74, 6) is 0.560. The first-order valence-corrected chi connectivity index (χ1v) is 9.30. The van der Waals surface area contributed by atoms with Crippen LogP contribution in [0.1, 0.15) is 48.9 Å². The lowest BCUT2D eigenvalue weighted by Crippen LogP contribution is -2.45. The van der Waals surface area contributed by atoms with E-state index in [1.54, 1.807) is 0 Å². The summed E-state index contributed by atoms with van der Waals surface area (Å²) < 4.78 is 0. The van der Waals surface area contributed by atoms with Gasteiger partial charge >= 0.3 is 0 Å². The Balaban J connectivity index is 1.69. The predicted octanol–water partition coefficient (Wildman–Crippen LogP) is 4.99. The number of nitrogens with one attached hydrogen (secondary N) is 1. The summed E-state index contributed by atoms with van der Waals surface area (Å²) in [7, 11) is 0. The van der Waals surface area contributed by atoms with Crippen molar-refractivity contribution in [1.29, 1.82) is 0 Å². The van der Waals surface area contributed by atoms with Gasteiger partial charge in [-0.3, -0.25) is 4.79 Å². The maximum atomic E-state index is 12.8. The maximum absolute atomic E-state index is 12.8. The molecule has 1 saturated carbocycles. The molecule has 2 aliphatic rings. The zero-order valence-corrected chi connectivity index (χ0v) is 15.3. The first-order chi connectivity index (χ1) is 12.0. The molecule has 2 aromatic carbocycles. The Hall–Kier alpha value is -2.29. The van der Waals surface area contributed by atoms with Gasteiger partial charge in [-0.05, 0) is 63.8 Å². The zero-order valence-electron chi connectivity index (χ0n) is 15.3. The van der Waals surface area contributed by atoms with Gasteiger partial charge in [0.2, 0.25) is 5.91 Å². The van der Waals surface area contributed by atoms with Crippen LogP contribution >= 0.6 is 0 Å². The monoisotopic (exact) mass is 334 g/mol. The number of fused-ring (bicyclic) bond motifs is 1. The summed E-state index contributed by atoms with van der Waals surface area (Å²) in [6.07, 6.45) is 3.03. The summed E-state index contributed by atoms with van der Waals surface area (Å²) in [5.41, 5.74) is 5.97. The minimum absolute atomic E-state index is 0.214. The van der Waals surface area contributed by atoms with Crippen LogP contribution < -0.4 is 10.2 Å². The molecular formula is C22H26N2O. The molecule has 2 aromatic rings. The van der Waals surface area contributed by atoms with Crippen LogP contribution in [0.5, 0.6) is 0 Å². The summed E-state index contributed by atoms with van der Waals surface area (Å²) in [4.78, 5) is 14.9.